The Balaban J connectivity index is 2.11. The molecule has 1 heterocycles. The highest BCUT2D eigenvalue weighted by Crippen LogP contribution is 2.41. The van der Waals surface area contributed by atoms with Gasteiger partial charge >= 0.3 is 0 Å². The summed E-state index contributed by atoms with van der Waals surface area (Å²) in [6, 6.07) is 0. The third kappa shape index (κ3) is 2.40. The van der Waals surface area contributed by atoms with Gasteiger partial charge in [-0.2, -0.15) is 5.10 Å². The van der Waals surface area contributed by atoms with Crippen LogP contribution in [0, 0.1) is 5.92 Å². The molecule has 1 saturated carbocycles. The van der Waals surface area contributed by atoms with Crippen molar-refractivity contribution in [3.63, 3.8) is 0 Å². The molecule has 1 aliphatic carbocycles. The van der Waals surface area contributed by atoms with Crippen molar-refractivity contribution in [2.45, 2.75) is 52.1 Å². The molecular formula is C12H21N3. The van der Waals surface area contributed by atoms with E-state index >= 15 is 0 Å². The number of nitrogens with zero attached hydrogens (tertiary/aromatic N) is 2. The molecule has 3 heteroatoms. The van der Waals surface area contributed by atoms with Gasteiger partial charge in [0.2, 0.25) is 0 Å². The lowest BCUT2D eigenvalue weighted by molar-refractivity contribution is 0.475. The number of aryl methyl sites for hydroxylation is 1. The molecule has 84 valence electrons. The van der Waals surface area contributed by atoms with Crippen molar-refractivity contribution in [3.05, 3.63) is 17.5 Å². The Kier molecular flexibility index (Phi) is 3.10. The molecule has 1 aromatic heterocycles. The van der Waals surface area contributed by atoms with Gasteiger partial charge in [-0.15, -0.1) is 0 Å². The van der Waals surface area contributed by atoms with Crippen LogP contribution in [0.4, 0.5) is 0 Å². The minimum Gasteiger partial charge on any atom is -0.326 e. The van der Waals surface area contributed by atoms with E-state index in [1.807, 2.05) is 6.20 Å². The summed E-state index contributed by atoms with van der Waals surface area (Å²) in [5, 5.41) is 4.46. The van der Waals surface area contributed by atoms with E-state index in [0.29, 0.717) is 6.54 Å². The zero-order valence-corrected chi connectivity index (χ0v) is 9.74. The molecule has 0 saturated heterocycles. The predicted octanol–water partition coefficient (Wildman–Crippen LogP) is 2.27. The largest absolute Gasteiger partial charge is 0.326 e. The lowest BCUT2D eigenvalue weighted by atomic mass is 10.1. The van der Waals surface area contributed by atoms with Gasteiger partial charge in [0.15, 0.2) is 0 Å². The van der Waals surface area contributed by atoms with Gasteiger partial charge in [0, 0.05) is 30.3 Å². The van der Waals surface area contributed by atoms with E-state index < -0.39 is 0 Å². The predicted molar refractivity (Wildman–Crippen MR) is 61.5 cm³/mol. The van der Waals surface area contributed by atoms with Crippen LogP contribution < -0.4 is 5.73 Å². The number of rotatable bonds is 5. The average Bonchev–Trinajstić information content (AvgIpc) is 2.96. The molecule has 0 aromatic carbocycles. The molecule has 3 nitrogen and oxygen atoms in total. The first-order valence-corrected chi connectivity index (χ1v) is 5.97. The van der Waals surface area contributed by atoms with Gasteiger partial charge in [-0.1, -0.05) is 13.8 Å². The number of nitrogens with two attached hydrogens (primary N) is 1. The Morgan fingerprint density at radius 1 is 1.53 bits per heavy atom. The van der Waals surface area contributed by atoms with Gasteiger partial charge in [0.25, 0.3) is 0 Å². The first-order valence-electron chi connectivity index (χ1n) is 5.97. The molecule has 0 atom stereocenters. The van der Waals surface area contributed by atoms with E-state index in [2.05, 4.69) is 23.6 Å². The molecule has 0 spiro atoms. The van der Waals surface area contributed by atoms with Gasteiger partial charge < -0.3 is 5.73 Å². The fourth-order valence-corrected chi connectivity index (χ4v) is 1.98. The molecule has 0 bridgehead atoms. The van der Waals surface area contributed by atoms with E-state index in [0.717, 1.165) is 18.4 Å². The fraction of sp³-hybridized carbons (Fsp3) is 0.750. The summed E-state index contributed by atoms with van der Waals surface area (Å²) in [5.41, 5.74) is 8.40. The van der Waals surface area contributed by atoms with Gasteiger partial charge in [-0.05, 0) is 25.2 Å². The van der Waals surface area contributed by atoms with Crippen molar-refractivity contribution in [1.29, 1.82) is 0 Å². The zero-order valence-electron chi connectivity index (χ0n) is 9.74. The second kappa shape index (κ2) is 4.35. The Labute approximate surface area is 91.7 Å². The molecule has 1 aliphatic rings. The molecule has 0 unspecified atom stereocenters. The molecule has 1 fully saturated rings. The third-order valence-corrected chi connectivity index (χ3v) is 3.06. The summed E-state index contributed by atoms with van der Waals surface area (Å²) < 4.78 is 2.18. The lowest BCUT2D eigenvalue weighted by Crippen LogP contribution is -2.08. The maximum atomic E-state index is 5.73. The zero-order chi connectivity index (χ0) is 10.8. The van der Waals surface area contributed by atoms with Crippen molar-refractivity contribution in [3.8, 4) is 0 Å². The van der Waals surface area contributed by atoms with Crippen LogP contribution in [0.25, 0.3) is 0 Å². The van der Waals surface area contributed by atoms with Gasteiger partial charge in [-0.25, -0.2) is 0 Å². The van der Waals surface area contributed by atoms with Crippen LogP contribution in [-0.2, 0) is 13.1 Å². The van der Waals surface area contributed by atoms with Gasteiger partial charge in [0.1, 0.15) is 0 Å². The molecule has 15 heavy (non-hydrogen) atoms. The van der Waals surface area contributed by atoms with E-state index in [4.69, 9.17) is 5.73 Å². The maximum Gasteiger partial charge on any atom is 0.0537 e. The van der Waals surface area contributed by atoms with Crippen molar-refractivity contribution in [1.82, 2.24) is 9.78 Å². The number of hydrogen-bond donors (Lipinski definition) is 1. The standard InChI is InChI=1S/C12H21N3/c1-9(2)5-6-15-12(10-3-4-10)11(7-13)8-14-15/h8-10H,3-7,13H2,1-2H3. The highest BCUT2D eigenvalue weighted by molar-refractivity contribution is 5.25. The lowest BCUT2D eigenvalue weighted by Gasteiger charge is -2.09. The Bertz CT molecular complexity index is 324. The summed E-state index contributed by atoms with van der Waals surface area (Å²) in [4.78, 5) is 0. The van der Waals surface area contributed by atoms with E-state index in [9.17, 15) is 0 Å². The molecule has 0 radical (unpaired) electrons. The summed E-state index contributed by atoms with van der Waals surface area (Å²) in [7, 11) is 0. The Hall–Kier alpha value is -0.830. The van der Waals surface area contributed by atoms with Crippen LogP contribution in [0.1, 0.15) is 50.3 Å². The average molecular weight is 207 g/mol. The van der Waals surface area contributed by atoms with Crippen molar-refractivity contribution in [2.75, 3.05) is 0 Å². The summed E-state index contributed by atoms with van der Waals surface area (Å²) in [5.74, 6) is 1.49. The van der Waals surface area contributed by atoms with Crippen LogP contribution >= 0.6 is 0 Å². The second-order valence-electron chi connectivity index (χ2n) is 4.94. The Morgan fingerprint density at radius 2 is 2.27 bits per heavy atom. The highest BCUT2D eigenvalue weighted by atomic mass is 15.3. The van der Waals surface area contributed by atoms with Crippen molar-refractivity contribution >= 4 is 0 Å². The quantitative estimate of drug-likeness (QED) is 0.805. The van der Waals surface area contributed by atoms with E-state index in [-0.39, 0.29) is 0 Å². The smallest absolute Gasteiger partial charge is 0.0537 e. The molecule has 0 amide bonds. The molecule has 1 aromatic rings. The normalized spacial score (nSPS) is 16.3. The Morgan fingerprint density at radius 3 is 2.80 bits per heavy atom. The van der Waals surface area contributed by atoms with Gasteiger partial charge in [0.05, 0.1) is 6.20 Å². The molecule has 0 aliphatic heterocycles. The van der Waals surface area contributed by atoms with Crippen LogP contribution in [-0.4, -0.2) is 9.78 Å². The number of aromatic nitrogens is 2. The fourth-order valence-electron chi connectivity index (χ4n) is 1.98. The highest BCUT2D eigenvalue weighted by Gasteiger charge is 2.29. The molecule has 2 N–H and O–H groups in total. The van der Waals surface area contributed by atoms with E-state index in [1.54, 1.807) is 0 Å². The van der Waals surface area contributed by atoms with Gasteiger partial charge in [-0.3, -0.25) is 4.68 Å². The van der Waals surface area contributed by atoms with E-state index in [1.165, 1.54) is 30.5 Å². The third-order valence-electron chi connectivity index (χ3n) is 3.06. The first-order chi connectivity index (χ1) is 7.22. The van der Waals surface area contributed by atoms with Crippen molar-refractivity contribution in [2.24, 2.45) is 11.7 Å². The molecular weight excluding hydrogens is 186 g/mol. The van der Waals surface area contributed by atoms with Crippen LogP contribution in [0.3, 0.4) is 0 Å². The summed E-state index contributed by atoms with van der Waals surface area (Å²) in [6.07, 6.45) is 5.79. The summed E-state index contributed by atoms with van der Waals surface area (Å²) in [6.45, 7) is 6.19. The molecule has 2 rings (SSSR count). The monoisotopic (exact) mass is 207 g/mol. The number of hydrogen-bond acceptors (Lipinski definition) is 2. The van der Waals surface area contributed by atoms with Crippen LogP contribution in [0.2, 0.25) is 0 Å². The minimum atomic E-state index is 0.632. The second-order valence-corrected chi connectivity index (χ2v) is 4.94. The minimum absolute atomic E-state index is 0.632. The summed E-state index contributed by atoms with van der Waals surface area (Å²) >= 11 is 0. The van der Waals surface area contributed by atoms with Crippen LogP contribution in [0.5, 0.6) is 0 Å². The van der Waals surface area contributed by atoms with Crippen molar-refractivity contribution < 1.29 is 0 Å². The SMILES string of the molecule is CC(C)CCn1ncc(CN)c1C1CC1. The maximum absolute atomic E-state index is 5.73. The van der Waals surface area contributed by atoms with Crippen LogP contribution in [0.15, 0.2) is 6.20 Å². The first kappa shape index (κ1) is 10.7. The topological polar surface area (TPSA) is 43.8 Å².